The van der Waals surface area contributed by atoms with Crippen LogP contribution in [0.5, 0.6) is 0 Å². The summed E-state index contributed by atoms with van der Waals surface area (Å²) in [6.45, 7) is 2.12. The number of aryl methyl sites for hydroxylation is 1. The molecule has 0 saturated carbocycles. The molecule has 1 heterocycles. The molecule has 100 valence electrons. The van der Waals surface area contributed by atoms with E-state index in [1.54, 1.807) is 13.1 Å². The largest absolute Gasteiger partial charge is 0.478 e. The zero-order valence-corrected chi connectivity index (χ0v) is 10.7. The van der Waals surface area contributed by atoms with Crippen molar-refractivity contribution in [2.75, 3.05) is 11.9 Å². The van der Waals surface area contributed by atoms with E-state index in [4.69, 9.17) is 9.52 Å². The first-order valence-corrected chi connectivity index (χ1v) is 5.77. The van der Waals surface area contributed by atoms with Crippen LogP contribution in [0.1, 0.15) is 21.9 Å². The normalized spacial score (nSPS) is 10.5. The maximum atomic E-state index is 13.8. The first kappa shape index (κ1) is 13.1. The van der Waals surface area contributed by atoms with Gasteiger partial charge in [-0.05, 0) is 31.2 Å². The molecule has 0 amide bonds. The zero-order valence-electron chi connectivity index (χ0n) is 10.7. The SMILES string of the molecule is Cc1ccc(CN(C)c2c(F)cccc2C(=O)O)o1. The molecule has 0 spiro atoms. The van der Waals surface area contributed by atoms with Crippen LogP contribution in [0.4, 0.5) is 10.1 Å². The van der Waals surface area contributed by atoms with Gasteiger partial charge in [-0.3, -0.25) is 0 Å². The third-order valence-electron chi connectivity index (χ3n) is 2.79. The first-order valence-electron chi connectivity index (χ1n) is 5.77. The first-order chi connectivity index (χ1) is 8.99. The standard InChI is InChI=1S/C14H14FNO3/c1-9-6-7-10(19-9)8-16(2)13-11(14(17)18)4-3-5-12(13)15/h3-7H,8H2,1-2H3,(H,17,18). The minimum absolute atomic E-state index is 0.0593. The number of carbonyl (C=O) groups is 1. The van der Waals surface area contributed by atoms with Crippen molar-refractivity contribution in [2.45, 2.75) is 13.5 Å². The van der Waals surface area contributed by atoms with E-state index in [-0.39, 0.29) is 11.3 Å². The van der Waals surface area contributed by atoms with Crippen LogP contribution < -0.4 is 4.90 Å². The Labute approximate surface area is 110 Å². The van der Waals surface area contributed by atoms with E-state index in [1.165, 1.54) is 23.1 Å². The molecule has 0 fully saturated rings. The van der Waals surface area contributed by atoms with Gasteiger partial charge < -0.3 is 14.4 Å². The summed E-state index contributed by atoms with van der Waals surface area (Å²) < 4.78 is 19.2. The van der Waals surface area contributed by atoms with Crippen LogP contribution >= 0.6 is 0 Å². The smallest absolute Gasteiger partial charge is 0.337 e. The second-order valence-electron chi connectivity index (χ2n) is 4.31. The third-order valence-corrected chi connectivity index (χ3v) is 2.79. The molecule has 0 saturated heterocycles. The highest BCUT2D eigenvalue weighted by Crippen LogP contribution is 2.25. The number of hydrogen-bond acceptors (Lipinski definition) is 3. The third kappa shape index (κ3) is 2.76. The van der Waals surface area contributed by atoms with E-state index >= 15 is 0 Å². The molecule has 0 aliphatic carbocycles. The van der Waals surface area contributed by atoms with Crippen LogP contribution in [-0.4, -0.2) is 18.1 Å². The molecule has 0 aliphatic rings. The van der Waals surface area contributed by atoms with E-state index in [0.29, 0.717) is 12.3 Å². The summed E-state index contributed by atoms with van der Waals surface area (Å²) in [7, 11) is 1.63. The van der Waals surface area contributed by atoms with Crippen LogP contribution in [0, 0.1) is 12.7 Å². The predicted molar refractivity (Wildman–Crippen MR) is 68.9 cm³/mol. The maximum absolute atomic E-state index is 13.8. The number of halogens is 1. The lowest BCUT2D eigenvalue weighted by atomic mass is 10.1. The van der Waals surface area contributed by atoms with Gasteiger partial charge in [-0.15, -0.1) is 0 Å². The summed E-state index contributed by atoms with van der Waals surface area (Å²) in [5.41, 5.74) is -0.00479. The van der Waals surface area contributed by atoms with Gasteiger partial charge in [-0.2, -0.15) is 0 Å². The molecular formula is C14H14FNO3. The summed E-state index contributed by atoms with van der Waals surface area (Å²) >= 11 is 0. The van der Waals surface area contributed by atoms with Gasteiger partial charge >= 0.3 is 5.97 Å². The summed E-state index contributed by atoms with van der Waals surface area (Å²) in [5, 5.41) is 9.09. The minimum atomic E-state index is -1.16. The van der Waals surface area contributed by atoms with Crippen molar-refractivity contribution in [1.82, 2.24) is 0 Å². The van der Waals surface area contributed by atoms with Gasteiger partial charge in [0.1, 0.15) is 17.3 Å². The molecule has 0 aliphatic heterocycles. The van der Waals surface area contributed by atoms with E-state index in [2.05, 4.69) is 0 Å². The lowest BCUT2D eigenvalue weighted by Crippen LogP contribution is -2.20. The van der Waals surface area contributed by atoms with Crippen LogP contribution in [0.15, 0.2) is 34.7 Å². The number of carboxylic acids is 1. The fraction of sp³-hybridized carbons (Fsp3) is 0.214. The molecule has 0 unspecified atom stereocenters. The number of hydrogen-bond donors (Lipinski definition) is 1. The number of aromatic carboxylic acids is 1. The Balaban J connectivity index is 2.32. The quantitative estimate of drug-likeness (QED) is 0.921. The van der Waals surface area contributed by atoms with E-state index in [1.807, 2.05) is 13.0 Å². The lowest BCUT2D eigenvalue weighted by molar-refractivity contribution is 0.0697. The van der Waals surface area contributed by atoms with Crippen molar-refractivity contribution >= 4 is 11.7 Å². The number of rotatable bonds is 4. The highest BCUT2D eigenvalue weighted by atomic mass is 19.1. The highest BCUT2D eigenvalue weighted by Gasteiger charge is 2.18. The van der Waals surface area contributed by atoms with E-state index in [0.717, 1.165) is 5.76 Å². The number of anilines is 1. The predicted octanol–water partition coefficient (Wildman–Crippen LogP) is 3.06. The van der Waals surface area contributed by atoms with Crippen molar-refractivity contribution < 1.29 is 18.7 Å². The summed E-state index contributed by atoms with van der Waals surface area (Å²) in [5.74, 6) is -0.308. The second kappa shape index (κ2) is 5.14. The molecular weight excluding hydrogens is 249 g/mol. The van der Waals surface area contributed by atoms with Crippen LogP contribution in [0.25, 0.3) is 0 Å². The Bertz CT molecular complexity index is 606. The molecule has 0 atom stereocenters. The van der Waals surface area contributed by atoms with Crippen molar-refractivity contribution in [3.05, 3.63) is 53.2 Å². The molecule has 2 rings (SSSR count). The average molecular weight is 263 g/mol. The van der Waals surface area contributed by atoms with Gasteiger partial charge in [0.2, 0.25) is 0 Å². The van der Waals surface area contributed by atoms with E-state index < -0.39 is 11.8 Å². The van der Waals surface area contributed by atoms with Crippen molar-refractivity contribution in [2.24, 2.45) is 0 Å². The number of nitrogens with zero attached hydrogens (tertiary/aromatic N) is 1. The highest BCUT2D eigenvalue weighted by molar-refractivity contribution is 5.94. The Kier molecular flexibility index (Phi) is 3.55. The molecule has 1 N–H and O–H groups in total. The number of carboxylic acid groups (broad SMARTS) is 1. The fourth-order valence-electron chi connectivity index (χ4n) is 1.96. The molecule has 19 heavy (non-hydrogen) atoms. The molecule has 1 aromatic heterocycles. The van der Waals surface area contributed by atoms with Gasteiger partial charge in [0.05, 0.1) is 17.8 Å². The summed E-state index contributed by atoms with van der Waals surface area (Å²) in [6.07, 6.45) is 0. The number of benzene rings is 1. The Morgan fingerprint density at radius 3 is 2.68 bits per heavy atom. The van der Waals surface area contributed by atoms with Gasteiger partial charge in [-0.25, -0.2) is 9.18 Å². The van der Waals surface area contributed by atoms with E-state index in [9.17, 15) is 9.18 Å². The zero-order chi connectivity index (χ0) is 14.0. The number of furan rings is 1. The lowest BCUT2D eigenvalue weighted by Gasteiger charge is -2.20. The van der Waals surface area contributed by atoms with Crippen LogP contribution in [-0.2, 0) is 6.54 Å². The molecule has 4 nitrogen and oxygen atoms in total. The molecule has 1 aromatic carbocycles. The topological polar surface area (TPSA) is 53.7 Å². The maximum Gasteiger partial charge on any atom is 0.337 e. The molecule has 2 aromatic rings. The van der Waals surface area contributed by atoms with Crippen molar-refractivity contribution in [3.8, 4) is 0 Å². The van der Waals surface area contributed by atoms with Crippen LogP contribution in [0.2, 0.25) is 0 Å². The van der Waals surface area contributed by atoms with Crippen LogP contribution in [0.3, 0.4) is 0 Å². The minimum Gasteiger partial charge on any atom is -0.478 e. The molecule has 0 radical (unpaired) electrons. The second-order valence-corrected chi connectivity index (χ2v) is 4.31. The Morgan fingerprint density at radius 2 is 2.11 bits per heavy atom. The fourth-order valence-corrected chi connectivity index (χ4v) is 1.96. The van der Waals surface area contributed by atoms with Crippen molar-refractivity contribution in [3.63, 3.8) is 0 Å². The van der Waals surface area contributed by atoms with Gasteiger partial charge in [-0.1, -0.05) is 6.07 Å². The van der Waals surface area contributed by atoms with Crippen molar-refractivity contribution in [1.29, 1.82) is 0 Å². The Morgan fingerprint density at radius 1 is 1.37 bits per heavy atom. The Hall–Kier alpha value is -2.30. The molecule has 5 heteroatoms. The average Bonchev–Trinajstić information content (AvgIpc) is 2.74. The molecule has 0 bridgehead atoms. The van der Waals surface area contributed by atoms with Gasteiger partial charge in [0.15, 0.2) is 0 Å². The van der Waals surface area contributed by atoms with Gasteiger partial charge in [0, 0.05) is 7.05 Å². The number of para-hydroxylation sites is 1. The summed E-state index contributed by atoms with van der Waals surface area (Å²) in [4.78, 5) is 12.6. The summed E-state index contributed by atoms with van der Waals surface area (Å²) in [6, 6.07) is 7.60. The monoisotopic (exact) mass is 263 g/mol. The van der Waals surface area contributed by atoms with Gasteiger partial charge in [0.25, 0.3) is 0 Å².